The van der Waals surface area contributed by atoms with E-state index in [9.17, 15) is 14.0 Å². The fraction of sp³-hybridized carbons (Fsp3) is 0.222. The van der Waals surface area contributed by atoms with Crippen LogP contribution in [0.5, 0.6) is 5.75 Å². The zero-order valence-corrected chi connectivity index (χ0v) is 14.8. The molecule has 0 spiro atoms. The van der Waals surface area contributed by atoms with Gasteiger partial charge in [-0.15, -0.1) is 0 Å². The van der Waals surface area contributed by atoms with Gasteiger partial charge >= 0.3 is 0 Å². The molecule has 0 saturated carbocycles. The fourth-order valence-corrected chi connectivity index (χ4v) is 2.50. The van der Waals surface area contributed by atoms with Gasteiger partial charge in [-0.05, 0) is 65.4 Å². The molecule has 2 rings (SSSR count). The maximum Gasteiger partial charge on any atom is 0.167 e. The molecule has 0 saturated heterocycles. The number of ketones is 2. The van der Waals surface area contributed by atoms with Gasteiger partial charge in [0.1, 0.15) is 24.0 Å². The molecular formula is C18H16FIO3. The summed E-state index contributed by atoms with van der Waals surface area (Å²) in [6.45, 7) is 1.71. The third kappa shape index (κ3) is 5.42. The number of rotatable bonds is 7. The lowest BCUT2D eigenvalue weighted by Crippen LogP contribution is -2.06. The summed E-state index contributed by atoms with van der Waals surface area (Å²) in [5, 5.41) is 0. The predicted octanol–water partition coefficient (Wildman–Crippen LogP) is 4.56. The summed E-state index contributed by atoms with van der Waals surface area (Å²) in [4.78, 5) is 23.3. The predicted molar refractivity (Wildman–Crippen MR) is 94.1 cm³/mol. The molecule has 120 valence electrons. The van der Waals surface area contributed by atoms with E-state index in [-0.39, 0.29) is 36.8 Å². The molecule has 0 amide bonds. The monoisotopic (exact) mass is 426 g/mol. The Kier molecular flexibility index (Phi) is 6.27. The normalized spacial score (nSPS) is 10.4. The third-order valence-corrected chi connectivity index (χ3v) is 3.92. The van der Waals surface area contributed by atoms with Crippen LogP contribution in [0.15, 0.2) is 42.5 Å². The molecular weight excluding hydrogens is 410 g/mol. The number of Topliss-reactive ketones (excluding diaryl/α,β-unsaturated/α-hetero) is 2. The van der Waals surface area contributed by atoms with Crippen LogP contribution in [0.3, 0.4) is 0 Å². The van der Waals surface area contributed by atoms with E-state index >= 15 is 0 Å². The lowest BCUT2D eigenvalue weighted by Gasteiger charge is -2.11. The van der Waals surface area contributed by atoms with E-state index in [1.54, 1.807) is 24.3 Å². The van der Waals surface area contributed by atoms with E-state index in [1.165, 1.54) is 19.1 Å². The lowest BCUT2D eigenvalue weighted by atomic mass is 10.0. The molecule has 2 aromatic rings. The van der Waals surface area contributed by atoms with E-state index in [0.717, 1.165) is 9.13 Å². The highest BCUT2D eigenvalue weighted by Crippen LogP contribution is 2.24. The molecule has 0 aromatic heterocycles. The molecule has 0 radical (unpaired) electrons. The van der Waals surface area contributed by atoms with Gasteiger partial charge < -0.3 is 9.53 Å². The number of benzene rings is 2. The second-order valence-corrected chi connectivity index (χ2v) is 6.43. The standard InChI is InChI=1S/C18H16FIO3/c1-12(21)2-8-17(22)16-10-15(20)7-9-18(16)23-11-13-3-5-14(19)6-4-13/h3-7,9-10H,2,8,11H2,1H3. The number of hydrogen-bond acceptors (Lipinski definition) is 3. The van der Waals surface area contributed by atoms with Crippen LogP contribution in [0.4, 0.5) is 4.39 Å². The highest BCUT2D eigenvalue weighted by Gasteiger charge is 2.14. The molecule has 0 N–H and O–H groups in total. The zero-order valence-electron chi connectivity index (χ0n) is 12.6. The summed E-state index contributed by atoms with van der Waals surface area (Å²) in [7, 11) is 0. The average molecular weight is 426 g/mol. The summed E-state index contributed by atoms with van der Waals surface area (Å²) < 4.78 is 19.5. The highest BCUT2D eigenvalue weighted by molar-refractivity contribution is 14.1. The Bertz CT molecular complexity index is 711. The summed E-state index contributed by atoms with van der Waals surface area (Å²) in [5.41, 5.74) is 1.28. The summed E-state index contributed by atoms with van der Waals surface area (Å²) in [6.07, 6.45) is 0.393. The van der Waals surface area contributed by atoms with E-state index < -0.39 is 0 Å². The maximum atomic E-state index is 12.9. The quantitative estimate of drug-likeness (QED) is 0.482. The van der Waals surface area contributed by atoms with Gasteiger partial charge in [0.15, 0.2) is 5.78 Å². The first kappa shape index (κ1) is 17.6. The Morgan fingerprint density at radius 2 is 1.78 bits per heavy atom. The van der Waals surface area contributed by atoms with E-state index in [0.29, 0.717) is 11.3 Å². The van der Waals surface area contributed by atoms with Crippen LogP contribution in [0.2, 0.25) is 0 Å². The van der Waals surface area contributed by atoms with Crippen LogP contribution in [0.1, 0.15) is 35.7 Å². The Labute approximate surface area is 148 Å². The Morgan fingerprint density at radius 1 is 1.09 bits per heavy atom. The zero-order chi connectivity index (χ0) is 16.8. The second kappa shape index (κ2) is 8.19. The van der Waals surface area contributed by atoms with Gasteiger partial charge in [0.2, 0.25) is 0 Å². The van der Waals surface area contributed by atoms with E-state index in [2.05, 4.69) is 22.6 Å². The van der Waals surface area contributed by atoms with Gasteiger partial charge in [-0.1, -0.05) is 12.1 Å². The molecule has 0 heterocycles. The molecule has 3 nitrogen and oxygen atoms in total. The first-order valence-corrected chi connectivity index (χ1v) is 8.23. The Morgan fingerprint density at radius 3 is 2.43 bits per heavy atom. The lowest BCUT2D eigenvalue weighted by molar-refractivity contribution is -0.116. The number of carbonyl (C=O) groups is 2. The van der Waals surface area contributed by atoms with Crippen molar-refractivity contribution in [2.75, 3.05) is 0 Å². The van der Waals surface area contributed by atoms with Gasteiger partial charge in [-0.2, -0.15) is 0 Å². The van der Waals surface area contributed by atoms with Crippen molar-refractivity contribution in [3.05, 3.63) is 63.0 Å². The number of ether oxygens (including phenoxy) is 1. The molecule has 0 unspecified atom stereocenters. The number of hydrogen-bond donors (Lipinski definition) is 0. The molecule has 23 heavy (non-hydrogen) atoms. The van der Waals surface area contributed by atoms with E-state index in [1.807, 2.05) is 6.07 Å². The van der Waals surface area contributed by atoms with Crippen LogP contribution < -0.4 is 4.74 Å². The van der Waals surface area contributed by atoms with Crippen LogP contribution in [-0.2, 0) is 11.4 Å². The van der Waals surface area contributed by atoms with Gasteiger partial charge in [-0.3, -0.25) is 4.79 Å². The van der Waals surface area contributed by atoms with Crippen molar-refractivity contribution in [2.45, 2.75) is 26.4 Å². The molecule has 0 aliphatic rings. The Hall–Kier alpha value is -1.76. The van der Waals surface area contributed by atoms with Crippen molar-refractivity contribution in [3.63, 3.8) is 0 Å². The minimum atomic E-state index is -0.303. The Balaban J connectivity index is 2.12. The average Bonchev–Trinajstić information content (AvgIpc) is 2.53. The fourth-order valence-electron chi connectivity index (χ4n) is 2.01. The summed E-state index contributed by atoms with van der Waals surface area (Å²) in [5.74, 6) is 0.0389. The topological polar surface area (TPSA) is 43.4 Å². The first-order valence-electron chi connectivity index (χ1n) is 7.15. The number of carbonyl (C=O) groups excluding carboxylic acids is 2. The molecule has 2 aromatic carbocycles. The van der Waals surface area contributed by atoms with E-state index in [4.69, 9.17) is 4.74 Å². The van der Waals surface area contributed by atoms with Crippen molar-refractivity contribution in [3.8, 4) is 5.75 Å². The molecule has 0 bridgehead atoms. The highest BCUT2D eigenvalue weighted by atomic mass is 127. The molecule has 0 aliphatic carbocycles. The summed E-state index contributed by atoms with van der Waals surface area (Å²) >= 11 is 2.12. The van der Waals surface area contributed by atoms with Gasteiger partial charge in [0.25, 0.3) is 0 Å². The van der Waals surface area contributed by atoms with Crippen LogP contribution >= 0.6 is 22.6 Å². The van der Waals surface area contributed by atoms with Crippen molar-refractivity contribution >= 4 is 34.2 Å². The van der Waals surface area contributed by atoms with Gasteiger partial charge in [0, 0.05) is 16.4 Å². The molecule has 0 fully saturated rings. The van der Waals surface area contributed by atoms with Crippen molar-refractivity contribution in [1.82, 2.24) is 0 Å². The third-order valence-electron chi connectivity index (χ3n) is 3.25. The van der Waals surface area contributed by atoms with Gasteiger partial charge in [0.05, 0.1) is 5.56 Å². The second-order valence-electron chi connectivity index (χ2n) is 5.18. The largest absolute Gasteiger partial charge is 0.488 e. The number of halogens is 2. The SMILES string of the molecule is CC(=O)CCC(=O)c1cc(I)ccc1OCc1ccc(F)cc1. The van der Waals surface area contributed by atoms with Crippen molar-refractivity contribution < 1.29 is 18.7 Å². The van der Waals surface area contributed by atoms with Crippen LogP contribution in [0, 0.1) is 9.39 Å². The molecule has 0 atom stereocenters. The van der Waals surface area contributed by atoms with Crippen LogP contribution in [0.25, 0.3) is 0 Å². The minimum Gasteiger partial charge on any atom is -0.488 e. The first-order chi connectivity index (χ1) is 11.0. The minimum absolute atomic E-state index is 0.0160. The summed E-state index contributed by atoms with van der Waals surface area (Å²) in [6, 6.07) is 11.4. The van der Waals surface area contributed by atoms with Crippen LogP contribution in [-0.4, -0.2) is 11.6 Å². The molecule has 5 heteroatoms. The smallest absolute Gasteiger partial charge is 0.167 e. The van der Waals surface area contributed by atoms with Crippen molar-refractivity contribution in [2.24, 2.45) is 0 Å². The van der Waals surface area contributed by atoms with Crippen molar-refractivity contribution in [1.29, 1.82) is 0 Å². The maximum absolute atomic E-state index is 12.9. The molecule has 0 aliphatic heterocycles. The van der Waals surface area contributed by atoms with Gasteiger partial charge in [-0.25, -0.2) is 4.39 Å².